The number of thiophene rings is 1. The van der Waals surface area contributed by atoms with Crippen molar-refractivity contribution >= 4 is 38.9 Å². The van der Waals surface area contributed by atoms with Gasteiger partial charge in [-0.3, -0.25) is 4.68 Å². The van der Waals surface area contributed by atoms with E-state index in [1.807, 2.05) is 11.7 Å². The molecule has 0 aliphatic carbocycles. The van der Waals surface area contributed by atoms with Crippen LogP contribution >= 0.6 is 38.9 Å². The van der Waals surface area contributed by atoms with Gasteiger partial charge in [0.25, 0.3) is 0 Å². The Morgan fingerprint density at radius 3 is 2.75 bits per heavy atom. The SMILES string of the molecule is CCc1nn(CC)c(CC(NC)c2csc(Br)c2)c1Cl. The second-order valence-corrected chi connectivity index (χ2v) is 7.27. The highest BCUT2D eigenvalue weighted by Gasteiger charge is 2.19. The molecule has 2 aromatic rings. The van der Waals surface area contributed by atoms with Crippen LogP contribution in [-0.2, 0) is 19.4 Å². The number of hydrogen-bond donors (Lipinski definition) is 1. The number of halogens is 2. The number of rotatable bonds is 6. The van der Waals surface area contributed by atoms with Crippen LogP contribution in [0.4, 0.5) is 0 Å². The molecule has 20 heavy (non-hydrogen) atoms. The van der Waals surface area contributed by atoms with E-state index in [1.165, 1.54) is 5.56 Å². The summed E-state index contributed by atoms with van der Waals surface area (Å²) in [6.45, 7) is 5.03. The standard InChI is InChI=1S/C14H19BrClN3S/c1-4-10-14(16)12(19(5-2)18-10)7-11(17-3)9-6-13(15)20-8-9/h6,8,11,17H,4-5,7H2,1-3H3. The molecule has 1 unspecified atom stereocenters. The lowest BCUT2D eigenvalue weighted by atomic mass is 10.0. The topological polar surface area (TPSA) is 29.9 Å². The maximum atomic E-state index is 6.48. The van der Waals surface area contributed by atoms with Crippen LogP contribution < -0.4 is 5.32 Å². The van der Waals surface area contributed by atoms with Gasteiger partial charge in [0.15, 0.2) is 0 Å². The highest BCUT2D eigenvalue weighted by molar-refractivity contribution is 9.11. The Morgan fingerprint density at radius 1 is 1.50 bits per heavy atom. The van der Waals surface area contributed by atoms with E-state index in [4.69, 9.17) is 11.6 Å². The largest absolute Gasteiger partial charge is 0.313 e. The van der Waals surface area contributed by atoms with Crippen molar-refractivity contribution in [3.05, 3.63) is 37.2 Å². The zero-order valence-electron chi connectivity index (χ0n) is 11.9. The van der Waals surface area contributed by atoms with Crippen molar-refractivity contribution in [2.24, 2.45) is 0 Å². The minimum atomic E-state index is 0.252. The molecule has 0 bridgehead atoms. The van der Waals surface area contributed by atoms with Crippen LogP contribution in [0.2, 0.25) is 5.02 Å². The zero-order chi connectivity index (χ0) is 14.7. The molecule has 0 saturated carbocycles. The molecular weight excluding hydrogens is 358 g/mol. The fourth-order valence-electron chi connectivity index (χ4n) is 2.30. The van der Waals surface area contributed by atoms with Crippen molar-refractivity contribution in [2.75, 3.05) is 7.05 Å². The van der Waals surface area contributed by atoms with Crippen LogP contribution in [0.1, 0.15) is 36.8 Å². The molecule has 0 spiro atoms. The summed E-state index contributed by atoms with van der Waals surface area (Å²) in [7, 11) is 1.98. The molecule has 0 fully saturated rings. The van der Waals surface area contributed by atoms with E-state index < -0.39 is 0 Å². The highest BCUT2D eigenvalue weighted by Crippen LogP contribution is 2.30. The van der Waals surface area contributed by atoms with Crippen LogP contribution in [0.15, 0.2) is 15.2 Å². The summed E-state index contributed by atoms with van der Waals surface area (Å²) in [4.78, 5) is 0. The van der Waals surface area contributed by atoms with E-state index in [-0.39, 0.29) is 6.04 Å². The van der Waals surface area contributed by atoms with Gasteiger partial charge in [0.2, 0.25) is 0 Å². The van der Waals surface area contributed by atoms with Gasteiger partial charge >= 0.3 is 0 Å². The predicted molar refractivity (Wildman–Crippen MR) is 89.8 cm³/mol. The Morgan fingerprint density at radius 2 is 2.25 bits per heavy atom. The van der Waals surface area contributed by atoms with Gasteiger partial charge in [0.1, 0.15) is 0 Å². The number of aromatic nitrogens is 2. The van der Waals surface area contributed by atoms with E-state index in [1.54, 1.807) is 11.3 Å². The first kappa shape index (κ1) is 16.0. The Balaban J connectivity index is 2.29. The van der Waals surface area contributed by atoms with E-state index in [0.29, 0.717) is 0 Å². The van der Waals surface area contributed by atoms with Gasteiger partial charge in [-0.2, -0.15) is 5.10 Å². The van der Waals surface area contributed by atoms with Crippen molar-refractivity contribution in [3.8, 4) is 0 Å². The third-order valence-corrected chi connectivity index (χ3v) is 5.39. The van der Waals surface area contributed by atoms with Gasteiger partial charge < -0.3 is 5.32 Å². The maximum absolute atomic E-state index is 6.48. The summed E-state index contributed by atoms with van der Waals surface area (Å²) in [5.41, 5.74) is 3.39. The first-order chi connectivity index (χ1) is 9.60. The summed E-state index contributed by atoms with van der Waals surface area (Å²) >= 11 is 11.7. The lowest BCUT2D eigenvalue weighted by molar-refractivity contribution is 0.541. The molecule has 0 aromatic carbocycles. The van der Waals surface area contributed by atoms with Crippen LogP contribution in [0.3, 0.4) is 0 Å². The monoisotopic (exact) mass is 375 g/mol. The van der Waals surface area contributed by atoms with Crippen molar-refractivity contribution in [2.45, 2.75) is 39.3 Å². The highest BCUT2D eigenvalue weighted by atomic mass is 79.9. The predicted octanol–water partition coefficient (Wildman–Crippen LogP) is 4.45. The third-order valence-electron chi connectivity index (χ3n) is 3.43. The lowest BCUT2D eigenvalue weighted by Gasteiger charge is -2.16. The average Bonchev–Trinajstić information content (AvgIpc) is 3.00. The molecule has 110 valence electrons. The smallest absolute Gasteiger partial charge is 0.0850 e. The molecule has 0 aliphatic heterocycles. The van der Waals surface area contributed by atoms with Gasteiger partial charge in [-0.05, 0) is 53.3 Å². The molecule has 0 amide bonds. The van der Waals surface area contributed by atoms with E-state index in [2.05, 4.69) is 51.6 Å². The summed E-state index contributed by atoms with van der Waals surface area (Å²) < 4.78 is 3.17. The quantitative estimate of drug-likeness (QED) is 0.807. The van der Waals surface area contributed by atoms with Gasteiger partial charge in [0.05, 0.1) is 20.2 Å². The maximum Gasteiger partial charge on any atom is 0.0850 e. The number of nitrogens with zero attached hydrogens (tertiary/aromatic N) is 2. The summed E-state index contributed by atoms with van der Waals surface area (Å²) in [6, 6.07) is 2.41. The van der Waals surface area contributed by atoms with E-state index in [9.17, 15) is 0 Å². The first-order valence-corrected chi connectivity index (χ1v) is 8.80. The summed E-state index contributed by atoms with van der Waals surface area (Å²) in [5, 5.41) is 11.0. The van der Waals surface area contributed by atoms with Crippen LogP contribution in [0.25, 0.3) is 0 Å². The molecular formula is C14H19BrClN3S. The zero-order valence-corrected chi connectivity index (χ0v) is 15.1. The molecule has 0 radical (unpaired) electrons. The van der Waals surface area contributed by atoms with Crippen molar-refractivity contribution in [1.82, 2.24) is 15.1 Å². The second-order valence-electron chi connectivity index (χ2n) is 4.61. The molecule has 1 N–H and O–H groups in total. The molecule has 2 aromatic heterocycles. The lowest BCUT2D eigenvalue weighted by Crippen LogP contribution is -2.20. The molecule has 6 heteroatoms. The number of aryl methyl sites for hydroxylation is 2. The molecule has 2 rings (SSSR count). The Labute approximate surface area is 137 Å². The fraction of sp³-hybridized carbons (Fsp3) is 0.500. The van der Waals surface area contributed by atoms with Gasteiger partial charge in [0, 0.05) is 19.0 Å². The minimum absolute atomic E-state index is 0.252. The summed E-state index contributed by atoms with van der Waals surface area (Å²) in [5.74, 6) is 0. The van der Waals surface area contributed by atoms with E-state index in [0.717, 1.165) is 39.6 Å². The average molecular weight is 377 g/mol. The molecule has 3 nitrogen and oxygen atoms in total. The summed E-state index contributed by atoms with van der Waals surface area (Å²) in [6.07, 6.45) is 1.71. The minimum Gasteiger partial charge on any atom is -0.313 e. The Hall–Kier alpha value is -0.360. The fourth-order valence-corrected chi connectivity index (χ4v) is 3.87. The normalized spacial score (nSPS) is 12.8. The second kappa shape index (κ2) is 7.07. The van der Waals surface area contributed by atoms with Crippen molar-refractivity contribution < 1.29 is 0 Å². The van der Waals surface area contributed by atoms with Crippen molar-refractivity contribution in [3.63, 3.8) is 0 Å². The molecule has 2 heterocycles. The number of hydrogen-bond acceptors (Lipinski definition) is 3. The third kappa shape index (κ3) is 3.27. The van der Waals surface area contributed by atoms with Crippen molar-refractivity contribution in [1.29, 1.82) is 0 Å². The number of nitrogens with one attached hydrogen (secondary N) is 1. The van der Waals surface area contributed by atoms with E-state index >= 15 is 0 Å². The molecule has 0 aliphatic rings. The van der Waals surface area contributed by atoms with Gasteiger partial charge in [-0.25, -0.2) is 0 Å². The van der Waals surface area contributed by atoms with Crippen LogP contribution in [0, 0.1) is 0 Å². The Kier molecular flexibility index (Phi) is 5.66. The molecule has 1 atom stereocenters. The van der Waals surface area contributed by atoms with Gasteiger partial charge in [-0.15, -0.1) is 11.3 Å². The first-order valence-electron chi connectivity index (χ1n) is 6.75. The van der Waals surface area contributed by atoms with Crippen LogP contribution in [-0.4, -0.2) is 16.8 Å². The van der Waals surface area contributed by atoms with Crippen LogP contribution in [0.5, 0.6) is 0 Å². The Bertz CT molecular complexity index is 579. The van der Waals surface area contributed by atoms with Gasteiger partial charge in [-0.1, -0.05) is 18.5 Å². The number of likely N-dealkylation sites (N-methyl/N-ethyl adjacent to an activating group) is 1. The molecule has 0 saturated heterocycles.